The van der Waals surface area contributed by atoms with Gasteiger partial charge < -0.3 is 25.2 Å². The highest BCUT2D eigenvalue weighted by Gasteiger charge is 2.30. The number of anilines is 1. The van der Waals surface area contributed by atoms with Crippen LogP contribution in [0.2, 0.25) is 0 Å². The van der Waals surface area contributed by atoms with Crippen LogP contribution >= 0.6 is 0 Å². The molecule has 0 spiro atoms. The number of aromatic nitrogens is 3. The van der Waals surface area contributed by atoms with Gasteiger partial charge in [0, 0.05) is 63.1 Å². The first-order valence-corrected chi connectivity index (χ1v) is 13.6. The number of nitrogens with one attached hydrogen (secondary N) is 2. The summed E-state index contributed by atoms with van der Waals surface area (Å²) in [6.07, 6.45) is 6.66. The van der Waals surface area contributed by atoms with Gasteiger partial charge in [-0.05, 0) is 68.8 Å². The first-order chi connectivity index (χ1) is 17.4. The summed E-state index contributed by atoms with van der Waals surface area (Å²) in [6, 6.07) is 0.242. The minimum atomic E-state index is -4.21. The number of rotatable bonds is 7. The number of aliphatic hydroxyl groups excluding tert-OH is 1. The maximum Gasteiger partial charge on any atom is 0.390 e. The van der Waals surface area contributed by atoms with E-state index in [0.717, 1.165) is 81.7 Å². The van der Waals surface area contributed by atoms with Crippen molar-refractivity contribution in [2.24, 2.45) is 5.92 Å². The lowest BCUT2D eigenvalue weighted by atomic mass is 9.78. The highest BCUT2D eigenvalue weighted by molar-refractivity contribution is 5.81. The summed E-state index contributed by atoms with van der Waals surface area (Å²) in [6.45, 7) is 5.40. The predicted octanol–water partition coefficient (Wildman–Crippen LogP) is 4.45. The molecule has 0 amide bonds. The number of aliphatic hydroxyl groups is 1. The normalized spacial score (nSPS) is 28.4. The number of hydrogen-bond acceptors (Lipinski definition) is 6. The van der Waals surface area contributed by atoms with Gasteiger partial charge in [-0.1, -0.05) is 0 Å². The van der Waals surface area contributed by atoms with Crippen LogP contribution in [-0.2, 0) is 0 Å². The second kappa shape index (κ2) is 11.2. The van der Waals surface area contributed by atoms with Gasteiger partial charge >= 0.3 is 6.18 Å². The third kappa shape index (κ3) is 6.31. The molecule has 2 aromatic heterocycles. The molecule has 0 radical (unpaired) electrons. The summed E-state index contributed by atoms with van der Waals surface area (Å²) < 4.78 is 40.0. The van der Waals surface area contributed by atoms with Crippen LogP contribution in [0.3, 0.4) is 0 Å². The number of piperazine rings is 1. The fraction of sp³-hybridized carbons (Fsp3) is 0.769. The van der Waals surface area contributed by atoms with Gasteiger partial charge in [-0.3, -0.25) is 0 Å². The Morgan fingerprint density at radius 3 is 2.44 bits per heavy atom. The lowest BCUT2D eigenvalue weighted by molar-refractivity contribution is -0.131. The van der Waals surface area contributed by atoms with Gasteiger partial charge in [0.2, 0.25) is 5.95 Å². The van der Waals surface area contributed by atoms with Gasteiger partial charge in [0.1, 0.15) is 5.65 Å². The summed E-state index contributed by atoms with van der Waals surface area (Å²) in [4.78, 5) is 11.7. The zero-order valence-electron chi connectivity index (χ0n) is 20.9. The Morgan fingerprint density at radius 1 is 1.03 bits per heavy atom. The Balaban J connectivity index is 1.32. The second-order valence-electron chi connectivity index (χ2n) is 10.9. The van der Waals surface area contributed by atoms with Crippen molar-refractivity contribution in [3.63, 3.8) is 0 Å². The Labute approximate surface area is 210 Å². The smallest absolute Gasteiger partial charge is 0.390 e. The molecule has 200 valence electrons. The van der Waals surface area contributed by atoms with Gasteiger partial charge in [0.15, 0.2) is 0 Å². The van der Waals surface area contributed by atoms with Crippen LogP contribution in [-0.4, -0.2) is 76.1 Å². The molecule has 5 rings (SSSR count). The molecule has 36 heavy (non-hydrogen) atoms. The molecule has 3 N–H and O–H groups in total. The lowest BCUT2D eigenvalue weighted by Crippen LogP contribution is -2.45. The van der Waals surface area contributed by atoms with Gasteiger partial charge in [-0.15, -0.1) is 0 Å². The molecule has 2 aliphatic carbocycles. The fourth-order valence-corrected chi connectivity index (χ4v) is 6.31. The number of alkyl halides is 3. The summed E-state index contributed by atoms with van der Waals surface area (Å²) in [5, 5.41) is 17.2. The van der Waals surface area contributed by atoms with Crippen molar-refractivity contribution in [1.82, 2.24) is 24.8 Å². The van der Waals surface area contributed by atoms with Crippen LogP contribution in [0.5, 0.6) is 0 Å². The Kier molecular flexibility index (Phi) is 8.02. The number of fused-ring (bicyclic) bond motifs is 1. The highest BCUT2D eigenvalue weighted by atomic mass is 19.4. The largest absolute Gasteiger partial charge is 0.393 e. The Morgan fingerprint density at radius 2 is 1.75 bits per heavy atom. The molecule has 1 aliphatic heterocycles. The van der Waals surface area contributed by atoms with Crippen LogP contribution < -0.4 is 10.6 Å². The third-order valence-corrected chi connectivity index (χ3v) is 8.37. The van der Waals surface area contributed by atoms with E-state index in [1.54, 1.807) is 6.20 Å². The first-order valence-electron chi connectivity index (χ1n) is 13.6. The molecule has 0 atom stereocenters. The molecule has 2 aromatic rings. The standard InChI is InChI=1S/C26H39F3N6O/c27-26(28,29)9-10-31-25-32-15-22-23(17-35(24(22)33-25)20-5-7-21(36)8-6-20)19-3-1-18(2-4-19)16-34-13-11-30-12-14-34/h15,17-21,30,36H,1-14,16H2,(H,31,32,33). The zero-order valence-corrected chi connectivity index (χ0v) is 20.9. The molecule has 3 fully saturated rings. The van der Waals surface area contributed by atoms with Crippen molar-refractivity contribution in [2.45, 2.75) is 82.0 Å². The maximum absolute atomic E-state index is 12.6. The van der Waals surface area contributed by atoms with Crippen molar-refractivity contribution < 1.29 is 18.3 Å². The van der Waals surface area contributed by atoms with Crippen LogP contribution in [0.15, 0.2) is 12.4 Å². The molecule has 3 aliphatic rings. The third-order valence-electron chi connectivity index (χ3n) is 8.37. The minimum Gasteiger partial charge on any atom is -0.393 e. The summed E-state index contributed by atoms with van der Waals surface area (Å²) in [5.74, 6) is 1.44. The lowest BCUT2D eigenvalue weighted by Gasteiger charge is -2.34. The van der Waals surface area contributed by atoms with E-state index in [2.05, 4.69) is 31.3 Å². The van der Waals surface area contributed by atoms with Crippen LogP contribution in [0.4, 0.5) is 19.1 Å². The molecule has 0 unspecified atom stereocenters. The monoisotopic (exact) mass is 508 g/mol. The van der Waals surface area contributed by atoms with Crippen LogP contribution in [0.25, 0.3) is 11.0 Å². The molecular formula is C26H39F3N6O. The van der Waals surface area contributed by atoms with E-state index in [1.807, 2.05) is 0 Å². The van der Waals surface area contributed by atoms with E-state index in [0.29, 0.717) is 5.92 Å². The predicted molar refractivity (Wildman–Crippen MR) is 134 cm³/mol. The molecule has 3 heterocycles. The van der Waals surface area contributed by atoms with Gasteiger partial charge in [0.25, 0.3) is 0 Å². The Hall–Kier alpha value is -1.91. The quantitative estimate of drug-likeness (QED) is 0.513. The molecule has 2 saturated carbocycles. The van der Waals surface area contributed by atoms with Crippen LogP contribution in [0.1, 0.15) is 75.3 Å². The average molecular weight is 509 g/mol. The van der Waals surface area contributed by atoms with E-state index < -0.39 is 12.6 Å². The van der Waals surface area contributed by atoms with Gasteiger partial charge in [0.05, 0.1) is 12.5 Å². The fourth-order valence-electron chi connectivity index (χ4n) is 6.31. The van der Waals surface area contributed by atoms with Gasteiger partial charge in [-0.25, -0.2) is 4.98 Å². The summed E-state index contributed by atoms with van der Waals surface area (Å²) in [5.41, 5.74) is 2.08. The second-order valence-corrected chi connectivity index (χ2v) is 10.9. The SMILES string of the molecule is OC1CCC(n2cc(C3CCC(CN4CCNCC4)CC3)c3cnc(NCCC(F)(F)F)nc32)CC1. The molecular weight excluding hydrogens is 469 g/mol. The molecule has 0 bridgehead atoms. The first kappa shape index (κ1) is 25.7. The molecule has 7 nitrogen and oxygen atoms in total. The van der Waals surface area contributed by atoms with Crippen molar-refractivity contribution in [3.05, 3.63) is 18.0 Å². The van der Waals surface area contributed by atoms with E-state index in [4.69, 9.17) is 4.98 Å². The topological polar surface area (TPSA) is 78.2 Å². The van der Waals surface area contributed by atoms with Crippen molar-refractivity contribution in [3.8, 4) is 0 Å². The van der Waals surface area contributed by atoms with E-state index in [9.17, 15) is 18.3 Å². The minimum absolute atomic E-state index is 0.241. The maximum atomic E-state index is 12.6. The van der Waals surface area contributed by atoms with Crippen molar-refractivity contribution in [2.75, 3.05) is 44.6 Å². The average Bonchev–Trinajstić information content (AvgIpc) is 3.24. The summed E-state index contributed by atoms with van der Waals surface area (Å²) in [7, 11) is 0. The number of hydrogen-bond donors (Lipinski definition) is 3. The van der Waals surface area contributed by atoms with E-state index >= 15 is 0 Å². The number of halogens is 3. The van der Waals surface area contributed by atoms with Gasteiger partial charge in [-0.2, -0.15) is 18.2 Å². The molecule has 0 aromatic carbocycles. The van der Waals surface area contributed by atoms with Crippen molar-refractivity contribution >= 4 is 17.0 Å². The summed E-state index contributed by atoms with van der Waals surface area (Å²) >= 11 is 0. The van der Waals surface area contributed by atoms with E-state index in [1.165, 1.54) is 24.9 Å². The van der Waals surface area contributed by atoms with Crippen LogP contribution in [0, 0.1) is 5.92 Å². The highest BCUT2D eigenvalue weighted by Crippen LogP contribution is 2.41. The van der Waals surface area contributed by atoms with E-state index in [-0.39, 0.29) is 24.6 Å². The zero-order chi connectivity index (χ0) is 25.1. The molecule has 10 heteroatoms. The number of nitrogens with zero attached hydrogens (tertiary/aromatic N) is 4. The molecule has 1 saturated heterocycles. The Bertz CT molecular complexity index is 989. The van der Waals surface area contributed by atoms with Crippen molar-refractivity contribution in [1.29, 1.82) is 0 Å².